The van der Waals surface area contributed by atoms with Gasteiger partial charge in [0.05, 0.1) is 10.7 Å². The van der Waals surface area contributed by atoms with E-state index in [-0.39, 0.29) is 24.4 Å². The summed E-state index contributed by atoms with van der Waals surface area (Å²) < 4.78 is 1.95. The van der Waals surface area contributed by atoms with Crippen LogP contribution in [-0.4, -0.2) is 57.3 Å². The first kappa shape index (κ1) is 20.0. The van der Waals surface area contributed by atoms with Crippen molar-refractivity contribution in [2.45, 2.75) is 32.4 Å². The molecule has 3 rings (SSSR count). The third kappa shape index (κ3) is 5.31. The van der Waals surface area contributed by atoms with Gasteiger partial charge in [0.2, 0.25) is 5.91 Å². The van der Waals surface area contributed by atoms with E-state index in [1.165, 1.54) is 0 Å². The Bertz CT molecular complexity index is 718. The monoisotopic (exact) mass is 385 g/mol. The molecule has 2 aromatic heterocycles. The van der Waals surface area contributed by atoms with Gasteiger partial charge in [0, 0.05) is 57.6 Å². The zero-order chi connectivity index (χ0) is 17.1. The number of pyridine rings is 1. The molecule has 0 spiro atoms. The van der Waals surface area contributed by atoms with Crippen molar-refractivity contribution < 1.29 is 4.79 Å². The summed E-state index contributed by atoms with van der Waals surface area (Å²) in [6.45, 7) is 6.05. The van der Waals surface area contributed by atoms with Gasteiger partial charge in [-0.1, -0.05) is 11.6 Å². The minimum absolute atomic E-state index is 0. The van der Waals surface area contributed by atoms with Crippen LogP contribution in [0.3, 0.4) is 0 Å². The Hall–Kier alpha value is -1.34. The highest BCUT2D eigenvalue weighted by molar-refractivity contribution is 6.30. The number of carbonyl (C=O) groups is 1. The van der Waals surface area contributed by atoms with Gasteiger partial charge < -0.3 is 15.0 Å². The molecule has 1 atom stereocenters. The van der Waals surface area contributed by atoms with Gasteiger partial charge in [-0.25, -0.2) is 4.98 Å². The predicted molar refractivity (Wildman–Crippen MR) is 102 cm³/mol. The van der Waals surface area contributed by atoms with Gasteiger partial charge in [-0.15, -0.1) is 12.4 Å². The van der Waals surface area contributed by atoms with Crippen LogP contribution in [0.15, 0.2) is 24.5 Å². The van der Waals surface area contributed by atoms with E-state index in [1.54, 1.807) is 0 Å². The fourth-order valence-electron chi connectivity index (χ4n) is 3.11. The number of halogens is 2. The Balaban J connectivity index is 0.00000225. The molecule has 0 bridgehead atoms. The number of imidazole rings is 1. The number of carbonyl (C=O) groups excluding carboxylic acids is 1. The van der Waals surface area contributed by atoms with Crippen molar-refractivity contribution >= 4 is 35.6 Å². The molecular weight excluding hydrogens is 361 g/mol. The van der Waals surface area contributed by atoms with Gasteiger partial charge >= 0.3 is 0 Å². The third-order valence-corrected chi connectivity index (χ3v) is 4.51. The first-order chi connectivity index (χ1) is 11.5. The number of hydrogen-bond acceptors (Lipinski definition) is 4. The predicted octanol–water partition coefficient (Wildman–Crippen LogP) is 2.18. The minimum Gasteiger partial charge on any atom is -0.341 e. The zero-order valence-corrected chi connectivity index (χ0v) is 16.0. The van der Waals surface area contributed by atoms with Crippen molar-refractivity contribution in [2.24, 2.45) is 5.73 Å². The Kier molecular flexibility index (Phi) is 7.07. The first-order valence-corrected chi connectivity index (χ1v) is 8.78. The average molecular weight is 386 g/mol. The third-order valence-electron chi connectivity index (χ3n) is 4.29. The lowest BCUT2D eigenvalue weighted by Crippen LogP contribution is -2.37. The van der Waals surface area contributed by atoms with Gasteiger partial charge in [0.15, 0.2) is 0 Å². The summed E-state index contributed by atoms with van der Waals surface area (Å²) in [7, 11) is 0. The summed E-state index contributed by atoms with van der Waals surface area (Å²) in [6, 6.07) is 3.69. The molecule has 0 radical (unpaired) electrons. The maximum absolute atomic E-state index is 12.2. The normalized spacial score (nSPS) is 17.2. The number of amides is 1. The molecular formula is C17H25Cl2N5O. The molecule has 0 aliphatic carbocycles. The fraction of sp³-hybridized carbons (Fsp3) is 0.529. The smallest absolute Gasteiger partial charge is 0.224 e. The van der Waals surface area contributed by atoms with E-state index in [1.807, 2.05) is 40.8 Å². The standard InChI is InChI=1S/C17H24ClN5O.ClH/c1-13(19)9-17(24)22-6-2-5-21(7-8-22)11-15-12-23-10-14(18)3-4-16(23)20-15;/h3-4,10,12-13H,2,5-9,11,19H2,1H3;1H. The molecule has 1 aliphatic heterocycles. The Morgan fingerprint density at radius 1 is 1.28 bits per heavy atom. The lowest BCUT2D eigenvalue weighted by Gasteiger charge is -2.22. The SMILES string of the molecule is CC(N)CC(=O)N1CCCN(Cc2cn3cc(Cl)ccc3n2)CC1.Cl. The van der Waals surface area contributed by atoms with E-state index >= 15 is 0 Å². The highest BCUT2D eigenvalue weighted by Crippen LogP contribution is 2.14. The minimum atomic E-state index is -0.0818. The molecule has 0 saturated carbocycles. The topological polar surface area (TPSA) is 66.9 Å². The van der Waals surface area contributed by atoms with Crippen molar-refractivity contribution in [2.75, 3.05) is 26.2 Å². The van der Waals surface area contributed by atoms with Crippen LogP contribution in [0.1, 0.15) is 25.5 Å². The molecule has 1 amide bonds. The van der Waals surface area contributed by atoms with E-state index in [0.717, 1.165) is 50.5 Å². The van der Waals surface area contributed by atoms with E-state index in [4.69, 9.17) is 17.3 Å². The van der Waals surface area contributed by atoms with Crippen LogP contribution in [0, 0.1) is 0 Å². The summed E-state index contributed by atoms with van der Waals surface area (Å²) in [6.07, 6.45) is 5.28. The zero-order valence-electron chi connectivity index (χ0n) is 14.4. The van der Waals surface area contributed by atoms with Gasteiger partial charge in [-0.2, -0.15) is 0 Å². The molecule has 1 unspecified atom stereocenters. The van der Waals surface area contributed by atoms with Gasteiger partial charge in [-0.3, -0.25) is 9.69 Å². The number of aromatic nitrogens is 2. The van der Waals surface area contributed by atoms with Crippen LogP contribution in [-0.2, 0) is 11.3 Å². The highest BCUT2D eigenvalue weighted by atomic mass is 35.5. The Morgan fingerprint density at radius 3 is 2.84 bits per heavy atom. The first-order valence-electron chi connectivity index (χ1n) is 8.40. The second-order valence-electron chi connectivity index (χ2n) is 6.54. The van der Waals surface area contributed by atoms with Crippen molar-refractivity contribution in [1.29, 1.82) is 0 Å². The second kappa shape index (κ2) is 8.85. The van der Waals surface area contributed by atoms with E-state index in [0.29, 0.717) is 11.4 Å². The lowest BCUT2D eigenvalue weighted by molar-refractivity contribution is -0.131. The van der Waals surface area contributed by atoms with E-state index in [9.17, 15) is 4.79 Å². The van der Waals surface area contributed by atoms with Crippen LogP contribution in [0.4, 0.5) is 0 Å². The van der Waals surface area contributed by atoms with Crippen LogP contribution in [0.25, 0.3) is 5.65 Å². The van der Waals surface area contributed by atoms with Crippen LogP contribution >= 0.6 is 24.0 Å². The molecule has 6 nitrogen and oxygen atoms in total. The van der Waals surface area contributed by atoms with E-state index < -0.39 is 0 Å². The summed E-state index contributed by atoms with van der Waals surface area (Å²) >= 11 is 6.02. The summed E-state index contributed by atoms with van der Waals surface area (Å²) in [4.78, 5) is 21.1. The van der Waals surface area contributed by atoms with Gasteiger partial charge in [-0.05, 0) is 25.5 Å². The maximum atomic E-state index is 12.2. The van der Waals surface area contributed by atoms with Crippen molar-refractivity contribution in [3.8, 4) is 0 Å². The molecule has 1 aliphatic rings. The lowest BCUT2D eigenvalue weighted by atomic mass is 10.2. The van der Waals surface area contributed by atoms with Gasteiger partial charge in [0.1, 0.15) is 5.65 Å². The molecule has 2 aromatic rings. The number of nitrogens with zero attached hydrogens (tertiary/aromatic N) is 4. The molecule has 25 heavy (non-hydrogen) atoms. The summed E-state index contributed by atoms with van der Waals surface area (Å²) in [5.41, 5.74) is 7.66. The molecule has 138 valence electrons. The largest absolute Gasteiger partial charge is 0.341 e. The number of nitrogens with two attached hydrogens (primary N) is 1. The molecule has 1 saturated heterocycles. The van der Waals surface area contributed by atoms with Gasteiger partial charge in [0.25, 0.3) is 0 Å². The van der Waals surface area contributed by atoms with Crippen LogP contribution in [0.2, 0.25) is 5.02 Å². The number of rotatable bonds is 4. The summed E-state index contributed by atoms with van der Waals surface area (Å²) in [5.74, 6) is 0.161. The van der Waals surface area contributed by atoms with Crippen LogP contribution < -0.4 is 5.73 Å². The second-order valence-corrected chi connectivity index (χ2v) is 6.97. The number of fused-ring (bicyclic) bond motifs is 1. The molecule has 2 N–H and O–H groups in total. The average Bonchev–Trinajstić information content (AvgIpc) is 2.74. The Labute approximate surface area is 159 Å². The quantitative estimate of drug-likeness (QED) is 0.875. The molecule has 1 fully saturated rings. The van der Waals surface area contributed by atoms with Crippen molar-refractivity contribution in [3.05, 3.63) is 35.2 Å². The molecule has 0 aromatic carbocycles. The Morgan fingerprint density at radius 2 is 2.08 bits per heavy atom. The van der Waals surface area contributed by atoms with Crippen molar-refractivity contribution in [3.63, 3.8) is 0 Å². The maximum Gasteiger partial charge on any atom is 0.224 e. The van der Waals surface area contributed by atoms with Crippen LogP contribution in [0.5, 0.6) is 0 Å². The van der Waals surface area contributed by atoms with E-state index in [2.05, 4.69) is 9.88 Å². The molecule has 8 heteroatoms. The highest BCUT2D eigenvalue weighted by Gasteiger charge is 2.20. The van der Waals surface area contributed by atoms with Crippen molar-refractivity contribution in [1.82, 2.24) is 19.2 Å². The fourth-order valence-corrected chi connectivity index (χ4v) is 3.27. The number of hydrogen-bond donors (Lipinski definition) is 1. The molecule has 3 heterocycles. The summed E-state index contributed by atoms with van der Waals surface area (Å²) in [5, 5.41) is 0.699.